The summed E-state index contributed by atoms with van der Waals surface area (Å²) < 4.78 is 29.3. The number of rotatable bonds is 7. The van der Waals surface area contributed by atoms with Crippen molar-refractivity contribution in [1.82, 2.24) is 0 Å². The lowest BCUT2D eigenvalue weighted by Gasteiger charge is -2.17. The van der Waals surface area contributed by atoms with Crippen LogP contribution < -0.4 is 0 Å². The van der Waals surface area contributed by atoms with Crippen LogP contribution in [0, 0.1) is 5.92 Å². The van der Waals surface area contributed by atoms with Crippen LogP contribution in [0.25, 0.3) is 0 Å². The zero-order valence-electron chi connectivity index (χ0n) is 11.0. The molecule has 0 aromatic rings. The lowest BCUT2D eigenvalue weighted by molar-refractivity contribution is -0.137. The number of hydrogen-bond acceptors (Lipinski definition) is 4. The van der Waals surface area contributed by atoms with E-state index in [4.69, 9.17) is 9.84 Å². The van der Waals surface area contributed by atoms with Crippen LogP contribution in [0.5, 0.6) is 0 Å². The van der Waals surface area contributed by atoms with Gasteiger partial charge in [-0.2, -0.15) is 0 Å². The van der Waals surface area contributed by atoms with Crippen LogP contribution in [0.3, 0.4) is 0 Å². The topological polar surface area (TPSA) is 80.7 Å². The zero-order chi connectivity index (χ0) is 13.8. The monoisotopic (exact) mass is 278 g/mol. The summed E-state index contributed by atoms with van der Waals surface area (Å²) in [5.74, 6) is -1.72. The van der Waals surface area contributed by atoms with Gasteiger partial charge in [-0.1, -0.05) is 13.8 Å². The summed E-state index contributed by atoms with van der Waals surface area (Å²) in [6.07, 6.45) is 3.34. The maximum Gasteiger partial charge on any atom is 0.322 e. The summed E-state index contributed by atoms with van der Waals surface area (Å²) in [4.78, 5) is 11.0. The van der Waals surface area contributed by atoms with Gasteiger partial charge in [0.15, 0.2) is 15.1 Å². The maximum absolute atomic E-state index is 12.0. The van der Waals surface area contributed by atoms with Crippen molar-refractivity contribution in [2.75, 3.05) is 12.4 Å². The van der Waals surface area contributed by atoms with E-state index in [0.29, 0.717) is 12.8 Å². The second-order valence-corrected chi connectivity index (χ2v) is 7.39. The quantitative estimate of drug-likeness (QED) is 0.762. The molecule has 18 heavy (non-hydrogen) atoms. The molecule has 1 saturated heterocycles. The van der Waals surface area contributed by atoms with Gasteiger partial charge in [0, 0.05) is 6.61 Å². The van der Waals surface area contributed by atoms with Gasteiger partial charge in [-0.3, -0.25) is 4.79 Å². The van der Waals surface area contributed by atoms with Gasteiger partial charge in [-0.15, -0.1) is 0 Å². The molecule has 6 heteroatoms. The number of carbonyl (C=O) groups is 1. The Hall–Kier alpha value is -0.620. The zero-order valence-corrected chi connectivity index (χ0v) is 11.8. The van der Waals surface area contributed by atoms with Crippen molar-refractivity contribution >= 4 is 15.8 Å². The van der Waals surface area contributed by atoms with Crippen molar-refractivity contribution < 1.29 is 23.1 Å². The highest BCUT2D eigenvalue weighted by Crippen LogP contribution is 2.19. The molecule has 1 fully saturated rings. The highest BCUT2D eigenvalue weighted by Gasteiger charge is 2.34. The largest absolute Gasteiger partial charge is 0.480 e. The minimum atomic E-state index is -3.57. The maximum atomic E-state index is 12.0. The van der Waals surface area contributed by atoms with Crippen LogP contribution in [0.2, 0.25) is 0 Å². The third-order valence-electron chi connectivity index (χ3n) is 3.21. The molecule has 0 spiro atoms. The van der Waals surface area contributed by atoms with Crippen LogP contribution in [0.15, 0.2) is 0 Å². The molecule has 0 aliphatic carbocycles. The molecule has 5 nitrogen and oxygen atoms in total. The molecule has 1 rings (SSSR count). The standard InChI is InChI=1S/C12H22O5S/c1-9(2)11(12(13)14)18(15,16)8-4-6-10-5-3-7-17-10/h9-11H,3-8H2,1-2H3,(H,13,14). The highest BCUT2D eigenvalue weighted by atomic mass is 32.2. The molecule has 0 aromatic heterocycles. The number of carboxylic acid groups (broad SMARTS) is 1. The van der Waals surface area contributed by atoms with Gasteiger partial charge in [-0.05, 0) is 31.6 Å². The van der Waals surface area contributed by atoms with Crippen molar-refractivity contribution in [3.8, 4) is 0 Å². The molecule has 2 unspecified atom stereocenters. The SMILES string of the molecule is CC(C)C(C(=O)O)S(=O)(=O)CCCC1CCCO1. The van der Waals surface area contributed by atoms with E-state index in [1.54, 1.807) is 13.8 Å². The smallest absolute Gasteiger partial charge is 0.322 e. The third-order valence-corrected chi connectivity index (χ3v) is 5.59. The second kappa shape index (κ2) is 6.52. The van der Waals surface area contributed by atoms with Gasteiger partial charge in [-0.25, -0.2) is 8.42 Å². The van der Waals surface area contributed by atoms with Crippen molar-refractivity contribution in [2.24, 2.45) is 5.92 Å². The van der Waals surface area contributed by atoms with Gasteiger partial charge in [0.05, 0.1) is 11.9 Å². The van der Waals surface area contributed by atoms with Crippen LogP contribution in [0.4, 0.5) is 0 Å². The predicted molar refractivity (Wildman–Crippen MR) is 68.3 cm³/mol. The molecule has 1 N–H and O–H groups in total. The minimum Gasteiger partial charge on any atom is -0.480 e. The number of hydrogen-bond donors (Lipinski definition) is 1. The first-order valence-corrected chi connectivity index (χ1v) is 8.12. The fourth-order valence-corrected chi connectivity index (χ4v) is 4.32. The molecule has 0 saturated carbocycles. The molecule has 1 aliphatic heterocycles. The lowest BCUT2D eigenvalue weighted by Crippen LogP contribution is -2.36. The summed E-state index contributed by atoms with van der Waals surface area (Å²) in [7, 11) is -3.57. The fourth-order valence-electron chi connectivity index (χ4n) is 2.36. The number of aliphatic carboxylic acids is 1. The van der Waals surface area contributed by atoms with E-state index >= 15 is 0 Å². The molecule has 106 valence electrons. The average molecular weight is 278 g/mol. The molecule has 0 amide bonds. The molecular formula is C12H22O5S. The van der Waals surface area contributed by atoms with Crippen molar-refractivity contribution in [1.29, 1.82) is 0 Å². The number of sulfone groups is 1. The number of ether oxygens (including phenoxy) is 1. The molecule has 0 aromatic carbocycles. The van der Waals surface area contributed by atoms with E-state index < -0.39 is 27.0 Å². The fraction of sp³-hybridized carbons (Fsp3) is 0.917. The Morgan fingerprint density at radius 3 is 2.56 bits per heavy atom. The summed E-state index contributed by atoms with van der Waals surface area (Å²) in [6.45, 7) is 3.99. The first kappa shape index (κ1) is 15.4. The normalized spacial score (nSPS) is 22.3. The van der Waals surface area contributed by atoms with Gasteiger partial charge in [0.2, 0.25) is 0 Å². The Balaban J connectivity index is 2.49. The molecule has 0 radical (unpaired) electrons. The minimum absolute atomic E-state index is 0.0675. The van der Waals surface area contributed by atoms with Gasteiger partial charge in [0.25, 0.3) is 0 Å². The Labute approximate surface area is 108 Å². The van der Waals surface area contributed by atoms with E-state index in [9.17, 15) is 13.2 Å². The summed E-state index contributed by atoms with van der Waals surface area (Å²) >= 11 is 0. The van der Waals surface area contributed by atoms with E-state index in [1.165, 1.54) is 0 Å². The van der Waals surface area contributed by atoms with Crippen LogP contribution in [-0.2, 0) is 19.4 Å². The van der Waals surface area contributed by atoms with Crippen LogP contribution in [-0.4, -0.2) is 43.2 Å². The van der Waals surface area contributed by atoms with Gasteiger partial charge in [0.1, 0.15) is 0 Å². The third kappa shape index (κ3) is 4.24. The molecule has 2 atom stereocenters. The Kier molecular flexibility index (Phi) is 5.59. The molecule has 0 bridgehead atoms. The summed E-state index contributed by atoms with van der Waals surface area (Å²) in [5, 5.41) is 7.70. The van der Waals surface area contributed by atoms with Crippen LogP contribution >= 0.6 is 0 Å². The van der Waals surface area contributed by atoms with Crippen molar-refractivity contribution in [3.63, 3.8) is 0 Å². The van der Waals surface area contributed by atoms with Crippen LogP contribution in [0.1, 0.15) is 39.5 Å². The van der Waals surface area contributed by atoms with E-state index in [1.807, 2.05) is 0 Å². The number of carboxylic acids is 1. The predicted octanol–water partition coefficient (Wildman–Crippen LogP) is 1.47. The van der Waals surface area contributed by atoms with Crippen molar-refractivity contribution in [3.05, 3.63) is 0 Å². The van der Waals surface area contributed by atoms with E-state index in [2.05, 4.69) is 0 Å². The Bertz CT molecular complexity index is 368. The van der Waals surface area contributed by atoms with E-state index in [0.717, 1.165) is 19.4 Å². The Morgan fingerprint density at radius 1 is 1.44 bits per heavy atom. The summed E-state index contributed by atoms with van der Waals surface area (Å²) in [5.41, 5.74) is 0. The van der Waals surface area contributed by atoms with Gasteiger partial charge < -0.3 is 9.84 Å². The highest BCUT2D eigenvalue weighted by molar-refractivity contribution is 7.92. The van der Waals surface area contributed by atoms with E-state index in [-0.39, 0.29) is 11.9 Å². The summed E-state index contributed by atoms with van der Waals surface area (Å²) in [6, 6.07) is 0. The second-order valence-electron chi connectivity index (χ2n) is 5.15. The Morgan fingerprint density at radius 2 is 2.11 bits per heavy atom. The first-order chi connectivity index (χ1) is 8.34. The lowest BCUT2D eigenvalue weighted by atomic mass is 10.1. The molecule has 1 aliphatic rings. The van der Waals surface area contributed by atoms with Crippen molar-refractivity contribution in [2.45, 2.75) is 50.9 Å². The first-order valence-electron chi connectivity index (χ1n) is 6.40. The average Bonchev–Trinajstić information content (AvgIpc) is 2.67. The molecular weight excluding hydrogens is 256 g/mol. The molecule has 1 heterocycles. The van der Waals surface area contributed by atoms with Gasteiger partial charge >= 0.3 is 5.97 Å².